The van der Waals surface area contributed by atoms with Gasteiger partial charge in [-0.2, -0.15) is 0 Å². The van der Waals surface area contributed by atoms with E-state index in [4.69, 9.17) is 13.6 Å². The number of aromatic nitrogens is 3. The van der Waals surface area contributed by atoms with Crippen LogP contribution >= 0.6 is 0 Å². The van der Waals surface area contributed by atoms with Crippen LogP contribution in [0.4, 0.5) is 0 Å². The van der Waals surface area contributed by atoms with Crippen molar-refractivity contribution < 1.29 is 27.9 Å². The number of rotatable bonds is 3. The van der Waals surface area contributed by atoms with Gasteiger partial charge in [0.1, 0.15) is 36.3 Å². The van der Waals surface area contributed by atoms with Gasteiger partial charge in [0.05, 0.1) is 11.9 Å². The number of ether oxygens (including phenoxy) is 1. The van der Waals surface area contributed by atoms with Crippen LogP contribution in [-0.2, 0) is 9.53 Å². The lowest BCUT2D eigenvalue weighted by atomic mass is 10.2. The molecule has 3 aromatic rings. The summed E-state index contributed by atoms with van der Waals surface area (Å²) in [5.74, 6) is 0. The lowest BCUT2D eigenvalue weighted by molar-refractivity contribution is -0.104. The van der Waals surface area contributed by atoms with Gasteiger partial charge in [0.25, 0.3) is 0 Å². The van der Waals surface area contributed by atoms with Gasteiger partial charge in [0.2, 0.25) is 0 Å². The molecule has 0 saturated carbocycles. The van der Waals surface area contributed by atoms with Crippen molar-refractivity contribution >= 4 is 12.5 Å². The Kier molecular flexibility index (Phi) is 15.6. The van der Waals surface area contributed by atoms with Crippen LogP contribution in [0.1, 0.15) is 51.6 Å². The average Bonchev–Trinajstić information content (AvgIpc) is 3.63. The van der Waals surface area contributed by atoms with Gasteiger partial charge >= 0.3 is 0 Å². The van der Waals surface area contributed by atoms with Crippen molar-refractivity contribution in [2.75, 3.05) is 13.2 Å². The molecule has 0 radical (unpaired) electrons. The largest absolute Gasteiger partial charge is 0.452 e. The van der Waals surface area contributed by atoms with Gasteiger partial charge in [-0.15, -0.1) is 0 Å². The Balaban J connectivity index is 0.000000408. The van der Waals surface area contributed by atoms with E-state index in [2.05, 4.69) is 24.4 Å². The highest BCUT2D eigenvalue weighted by Gasteiger charge is 2.15. The van der Waals surface area contributed by atoms with Crippen molar-refractivity contribution in [3.8, 4) is 0 Å². The Morgan fingerprint density at radius 3 is 1.87 bits per heavy atom. The third-order valence-corrected chi connectivity index (χ3v) is 3.43. The minimum Gasteiger partial charge on any atom is -0.452 e. The standard InChI is InChI=1S/C7H6N2O3.C5H5NO.C4H8O.C3H3NO.2CH4/c10-7(5-1-11-3-8-5)6-2-12-4-9-6;7-4-5-2-1-3-6-5;1-2-4-5-3-1;1-2-5-3-4-1;;/h1-4,7,10H;2-4H,1H2;1-4H2;1-3H;2*1H4. The van der Waals surface area contributed by atoms with Crippen molar-refractivity contribution in [2.45, 2.75) is 40.2 Å². The number of allylic oxidation sites excluding steroid dienone is 2. The van der Waals surface area contributed by atoms with Gasteiger partial charge in [-0.1, -0.05) is 20.9 Å². The second kappa shape index (κ2) is 17.5. The number of aldehydes is 1. The Morgan fingerprint density at radius 2 is 1.61 bits per heavy atom. The maximum atomic E-state index is 9.83. The first kappa shape index (κ1) is 27.6. The Bertz CT molecular complexity index is 751. The fraction of sp³-hybridized carbons (Fsp3) is 0.381. The summed E-state index contributed by atoms with van der Waals surface area (Å²) in [5.41, 5.74) is 1.40. The number of hydrogen-bond acceptors (Lipinski definition) is 10. The van der Waals surface area contributed by atoms with Gasteiger partial charge < -0.3 is 23.1 Å². The van der Waals surface area contributed by atoms with Crippen LogP contribution in [0.15, 0.2) is 74.2 Å². The first-order chi connectivity index (χ1) is 14.3. The highest BCUT2D eigenvalue weighted by atomic mass is 16.5. The van der Waals surface area contributed by atoms with E-state index in [9.17, 15) is 9.90 Å². The molecule has 0 amide bonds. The van der Waals surface area contributed by atoms with Gasteiger partial charge in [0, 0.05) is 25.8 Å². The predicted octanol–water partition coefficient (Wildman–Crippen LogP) is 4.03. The quantitative estimate of drug-likeness (QED) is 0.605. The first-order valence-corrected chi connectivity index (χ1v) is 8.83. The molecule has 0 unspecified atom stereocenters. The van der Waals surface area contributed by atoms with Crippen LogP contribution in [0.5, 0.6) is 0 Å². The summed E-state index contributed by atoms with van der Waals surface area (Å²) in [4.78, 5) is 24.7. The first-order valence-electron chi connectivity index (χ1n) is 8.83. The number of carbonyl (C=O) groups is 1. The number of carbonyl (C=O) groups excluding carboxylic acids is 1. The lowest BCUT2D eigenvalue weighted by Gasteiger charge is -1.99. The van der Waals surface area contributed by atoms with E-state index >= 15 is 0 Å². The summed E-state index contributed by atoms with van der Waals surface area (Å²) < 4.78 is 18.8. The molecule has 0 bridgehead atoms. The number of aliphatic hydroxyl groups excluding tert-OH is 1. The lowest BCUT2D eigenvalue weighted by Crippen LogP contribution is -1.99. The van der Waals surface area contributed by atoms with Crippen LogP contribution < -0.4 is 0 Å². The Hall–Kier alpha value is -3.37. The summed E-state index contributed by atoms with van der Waals surface area (Å²) in [7, 11) is 0. The Morgan fingerprint density at radius 1 is 0.968 bits per heavy atom. The van der Waals surface area contributed by atoms with E-state index in [1.54, 1.807) is 18.5 Å². The molecule has 5 rings (SSSR count). The van der Waals surface area contributed by atoms with Crippen LogP contribution in [0.2, 0.25) is 0 Å². The summed E-state index contributed by atoms with van der Waals surface area (Å²) >= 11 is 0. The molecular weight excluding hydrogens is 404 g/mol. The predicted molar refractivity (Wildman–Crippen MR) is 114 cm³/mol. The number of aliphatic imine (C=N–C) groups is 1. The molecule has 2 aliphatic heterocycles. The zero-order chi connectivity index (χ0) is 20.6. The fourth-order valence-corrected chi connectivity index (χ4v) is 2.01. The molecule has 5 heterocycles. The highest BCUT2D eigenvalue weighted by Crippen LogP contribution is 2.17. The Labute approximate surface area is 181 Å². The van der Waals surface area contributed by atoms with Crippen molar-refractivity contribution in [1.82, 2.24) is 15.0 Å². The fourth-order valence-electron chi connectivity index (χ4n) is 2.01. The maximum absolute atomic E-state index is 9.83. The molecule has 0 aliphatic carbocycles. The van der Waals surface area contributed by atoms with Crippen LogP contribution in [0, 0.1) is 0 Å². The molecule has 1 saturated heterocycles. The molecule has 0 atom stereocenters. The summed E-state index contributed by atoms with van der Waals surface area (Å²) in [6.07, 6.45) is 16.4. The topological polar surface area (TPSA) is 137 Å². The van der Waals surface area contributed by atoms with Gasteiger partial charge in [-0.25, -0.2) is 15.0 Å². The molecule has 10 nitrogen and oxygen atoms in total. The number of hydrogen-bond donors (Lipinski definition) is 1. The monoisotopic (exact) mass is 434 g/mol. The third kappa shape index (κ3) is 11.4. The normalized spacial score (nSPS) is 13.2. The molecule has 1 N–H and O–H groups in total. The number of oxazole rings is 3. The SMILES string of the molecule is C.C.C1CCOC1.O=CC1=CCC=N1.OC(c1cocn1)c1cocn1.c1cocn1. The second-order valence-corrected chi connectivity index (χ2v) is 5.52. The molecule has 3 aromatic heterocycles. The highest BCUT2D eigenvalue weighted by molar-refractivity contribution is 5.81. The van der Waals surface area contributed by atoms with Crippen molar-refractivity contribution in [3.05, 3.63) is 67.3 Å². The van der Waals surface area contributed by atoms with E-state index in [1.807, 2.05) is 0 Å². The van der Waals surface area contributed by atoms with E-state index in [1.165, 1.54) is 50.8 Å². The van der Waals surface area contributed by atoms with E-state index < -0.39 is 6.10 Å². The summed E-state index contributed by atoms with van der Waals surface area (Å²) in [6, 6.07) is 0. The molecule has 10 heteroatoms. The van der Waals surface area contributed by atoms with E-state index in [-0.39, 0.29) is 14.9 Å². The molecule has 31 heavy (non-hydrogen) atoms. The molecule has 2 aliphatic rings. The minimum atomic E-state index is -0.873. The van der Waals surface area contributed by atoms with Gasteiger partial charge in [-0.05, 0) is 12.8 Å². The second-order valence-electron chi connectivity index (χ2n) is 5.52. The maximum Gasteiger partial charge on any atom is 0.180 e. The third-order valence-electron chi connectivity index (χ3n) is 3.43. The molecule has 1 fully saturated rings. The van der Waals surface area contributed by atoms with Gasteiger partial charge in [0.15, 0.2) is 25.5 Å². The van der Waals surface area contributed by atoms with Crippen LogP contribution in [-0.4, -0.2) is 45.8 Å². The van der Waals surface area contributed by atoms with Crippen molar-refractivity contribution in [3.63, 3.8) is 0 Å². The minimum absolute atomic E-state index is 0. The van der Waals surface area contributed by atoms with Crippen molar-refractivity contribution in [2.24, 2.45) is 4.99 Å². The smallest absolute Gasteiger partial charge is 0.180 e. The van der Waals surface area contributed by atoms with E-state index in [0.29, 0.717) is 17.1 Å². The zero-order valence-corrected chi connectivity index (χ0v) is 15.7. The number of nitrogens with zero attached hydrogens (tertiary/aromatic N) is 4. The van der Waals surface area contributed by atoms with Crippen LogP contribution in [0.3, 0.4) is 0 Å². The van der Waals surface area contributed by atoms with E-state index in [0.717, 1.165) is 25.9 Å². The number of aliphatic hydroxyl groups is 1. The molecular formula is C21H30N4O6. The molecule has 0 aromatic carbocycles. The van der Waals surface area contributed by atoms with Gasteiger partial charge in [-0.3, -0.25) is 9.79 Å². The summed E-state index contributed by atoms with van der Waals surface area (Å²) in [6.45, 7) is 2.00. The molecule has 170 valence electrons. The average molecular weight is 434 g/mol. The van der Waals surface area contributed by atoms with Crippen LogP contribution in [0.25, 0.3) is 0 Å². The summed E-state index contributed by atoms with van der Waals surface area (Å²) in [5, 5.41) is 9.52. The zero-order valence-electron chi connectivity index (χ0n) is 15.7. The van der Waals surface area contributed by atoms with Crippen molar-refractivity contribution in [1.29, 1.82) is 0 Å². The molecule has 0 spiro atoms.